The van der Waals surface area contributed by atoms with Crippen LogP contribution in [0.2, 0.25) is 0 Å². The SMILES string of the molecule is CCc1cc(-c2cc(C)c(-c3cccs3)c(CC)c2)cc(C)c1C=O. The molecule has 0 spiro atoms. The summed E-state index contributed by atoms with van der Waals surface area (Å²) in [5.41, 5.74) is 9.54. The van der Waals surface area contributed by atoms with Crippen molar-refractivity contribution >= 4 is 17.6 Å². The monoisotopic (exact) mass is 348 g/mol. The van der Waals surface area contributed by atoms with Crippen LogP contribution in [0, 0.1) is 13.8 Å². The van der Waals surface area contributed by atoms with Gasteiger partial charge in [-0.25, -0.2) is 0 Å². The lowest BCUT2D eigenvalue weighted by Crippen LogP contribution is -1.97. The van der Waals surface area contributed by atoms with Crippen LogP contribution in [-0.4, -0.2) is 6.29 Å². The molecule has 1 heterocycles. The summed E-state index contributed by atoms with van der Waals surface area (Å²) in [6.07, 6.45) is 2.87. The number of carbonyl (C=O) groups excluding carboxylic acids is 1. The average Bonchev–Trinajstić information content (AvgIpc) is 3.14. The molecule has 2 aromatic carbocycles. The van der Waals surface area contributed by atoms with E-state index in [1.54, 1.807) is 11.3 Å². The molecule has 0 saturated carbocycles. The molecule has 0 saturated heterocycles. The van der Waals surface area contributed by atoms with E-state index in [1.165, 1.54) is 32.7 Å². The van der Waals surface area contributed by atoms with E-state index in [0.29, 0.717) is 0 Å². The minimum Gasteiger partial charge on any atom is -0.298 e. The quantitative estimate of drug-likeness (QED) is 0.473. The second-order valence-corrected chi connectivity index (χ2v) is 7.44. The highest BCUT2D eigenvalue weighted by Crippen LogP contribution is 2.36. The van der Waals surface area contributed by atoms with Gasteiger partial charge in [0.15, 0.2) is 6.29 Å². The molecule has 2 heteroatoms. The molecule has 0 radical (unpaired) electrons. The van der Waals surface area contributed by atoms with Crippen molar-refractivity contribution in [3.05, 3.63) is 69.6 Å². The summed E-state index contributed by atoms with van der Waals surface area (Å²) < 4.78 is 0. The topological polar surface area (TPSA) is 17.1 Å². The summed E-state index contributed by atoms with van der Waals surface area (Å²) in [4.78, 5) is 12.7. The third-order valence-electron chi connectivity index (χ3n) is 4.87. The van der Waals surface area contributed by atoms with E-state index < -0.39 is 0 Å². The molecule has 0 bridgehead atoms. The highest BCUT2D eigenvalue weighted by Gasteiger charge is 2.13. The Morgan fingerprint density at radius 1 is 0.920 bits per heavy atom. The van der Waals surface area contributed by atoms with Crippen molar-refractivity contribution in [2.75, 3.05) is 0 Å². The van der Waals surface area contributed by atoms with Crippen LogP contribution in [0.25, 0.3) is 21.6 Å². The van der Waals surface area contributed by atoms with Crippen molar-refractivity contribution in [2.24, 2.45) is 0 Å². The van der Waals surface area contributed by atoms with Gasteiger partial charge in [-0.15, -0.1) is 11.3 Å². The number of rotatable bonds is 5. The van der Waals surface area contributed by atoms with Crippen molar-refractivity contribution in [1.82, 2.24) is 0 Å². The molecule has 0 aliphatic rings. The van der Waals surface area contributed by atoms with Gasteiger partial charge in [0.25, 0.3) is 0 Å². The molecule has 0 N–H and O–H groups in total. The summed E-state index contributed by atoms with van der Waals surface area (Å²) in [5, 5.41) is 2.14. The van der Waals surface area contributed by atoms with Crippen molar-refractivity contribution in [1.29, 1.82) is 0 Å². The van der Waals surface area contributed by atoms with Crippen LogP contribution in [0.5, 0.6) is 0 Å². The summed E-state index contributed by atoms with van der Waals surface area (Å²) in [6.45, 7) is 8.55. The van der Waals surface area contributed by atoms with Gasteiger partial charge in [-0.1, -0.05) is 44.2 Å². The summed E-state index contributed by atoms with van der Waals surface area (Å²) in [7, 11) is 0. The zero-order chi connectivity index (χ0) is 18.0. The third kappa shape index (κ3) is 3.32. The number of thiophene rings is 1. The van der Waals surface area contributed by atoms with E-state index in [9.17, 15) is 4.79 Å². The Morgan fingerprint density at radius 2 is 1.56 bits per heavy atom. The number of aldehydes is 1. The van der Waals surface area contributed by atoms with E-state index >= 15 is 0 Å². The third-order valence-corrected chi connectivity index (χ3v) is 5.76. The van der Waals surface area contributed by atoms with Crippen molar-refractivity contribution in [3.8, 4) is 21.6 Å². The van der Waals surface area contributed by atoms with Gasteiger partial charge in [0.05, 0.1) is 0 Å². The average molecular weight is 349 g/mol. The van der Waals surface area contributed by atoms with Crippen LogP contribution < -0.4 is 0 Å². The largest absolute Gasteiger partial charge is 0.298 e. The van der Waals surface area contributed by atoms with E-state index in [2.05, 4.69) is 62.5 Å². The zero-order valence-electron chi connectivity index (χ0n) is 15.3. The summed E-state index contributed by atoms with van der Waals surface area (Å²) in [6, 6.07) is 13.2. The second kappa shape index (κ2) is 7.37. The van der Waals surface area contributed by atoms with Gasteiger partial charge in [0.1, 0.15) is 0 Å². The van der Waals surface area contributed by atoms with Gasteiger partial charge < -0.3 is 0 Å². The maximum atomic E-state index is 11.4. The van der Waals surface area contributed by atoms with E-state index in [0.717, 1.165) is 35.8 Å². The summed E-state index contributed by atoms with van der Waals surface area (Å²) in [5.74, 6) is 0. The predicted molar refractivity (Wildman–Crippen MR) is 109 cm³/mol. The Labute approximate surface area is 154 Å². The van der Waals surface area contributed by atoms with Crippen LogP contribution in [0.1, 0.15) is 46.5 Å². The molecule has 0 aliphatic heterocycles. The van der Waals surface area contributed by atoms with Crippen LogP contribution in [0.15, 0.2) is 41.8 Å². The first-order chi connectivity index (χ1) is 12.1. The van der Waals surface area contributed by atoms with Crippen LogP contribution in [-0.2, 0) is 12.8 Å². The first kappa shape index (κ1) is 17.6. The van der Waals surface area contributed by atoms with Gasteiger partial charge in [0, 0.05) is 10.4 Å². The molecule has 1 nitrogen and oxygen atoms in total. The van der Waals surface area contributed by atoms with Crippen molar-refractivity contribution in [2.45, 2.75) is 40.5 Å². The molecule has 128 valence electrons. The summed E-state index contributed by atoms with van der Waals surface area (Å²) >= 11 is 1.80. The lowest BCUT2D eigenvalue weighted by atomic mass is 9.90. The van der Waals surface area contributed by atoms with E-state index in [4.69, 9.17) is 0 Å². The van der Waals surface area contributed by atoms with Gasteiger partial charge >= 0.3 is 0 Å². The molecule has 0 atom stereocenters. The van der Waals surface area contributed by atoms with Gasteiger partial charge in [0.2, 0.25) is 0 Å². The molecule has 3 rings (SSSR count). The lowest BCUT2D eigenvalue weighted by Gasteiger charge is -2.15. The Bertz CT molecular complexity index is 904. The number of hydrogen-bond acceptors (Lipinski definition) is 2. The molecule has 0 amide bonds. The Balaban J connectivity index is 2.18. The predicted octanol–water partition coefficient (Wildman–Crippen LogP) is 6.64. The fraction of sp³-hybridized carbons (Fsp3) is 0.261. The minimum atomic E-state index is 0.842. The second-order valence-electron chi connectivity index (χ2n) is 6.50. The Hall–Kier alpha value is -2.19. The van der Waals surface area contributed by atoms with E-state index in [1.807, 2.05) is 6.92 Å². The molecule has 0 aliphatic carbocycles. The molecule has 3 aromatic rings. The number of benzene rings is 2. The highest BCUT2D eigenvalue weighted by atomic mass is 32.1. The molecule has 0 fully saturated rings. The van der Waals surface area contributed by atoms with Gasteiger partial charge in [-0.2, -0.15) is 0 Å². The van der Waals surface area contributed by atoms with Gasteiger partial charge in [-0.05, 0) is 77.1 Å². The van der Waals surface area contributed by atoms with Gasteiger partial charge in [-0.3, -0.25) is 4.79 Å². The van der Waals surface area contributed by atoms with Crippen LogP contribution in [0.3, 0.4) is 0 Å². The smallest absolute Gasteiger partial charge is 0.150 e. The highest BCUT2D eigenvalue weighted by molar-refractivity contribution is 7.13. The number of hydrogen-bond donors (Lipinski definition) is 0. The van der Waals surface area contributed by atoms with Crippen molar-refractivity contribution < 1.29 is 4.79 Å². The Kier molecular flexibility index (Phi) is 5.19. The standard InChI is InChI=1S/C23H24OS/c1-5-17-12-19(10-15(3)21(17)14-24)20-11-16(4)23(18(6-2)13-20)22-8-7-9-25-22/h7-14H,5-6H2,1-4H3. The molecular weight excluding hydrogens is 324 g/mol. The Morgan fingerprint density at radius 3 is 2.12 bits per heavy atom. The molecule has 25 heavy (non-hydrogen) atoms. The fourth-order valence-corrected chi connectivity index (χ4v) is 4.45. The van der Waals surface area contributed by atoms with E-state index in [-0.39, 0.29) is 0 Å². The zero-order valence-corrected chi connectivity index (χ0v) is 16.2. The molecule has 1 aromatic heterocycles. The lowest BCUT2D eigenvalue weighted by molar-refractivity contribution is 0.112. The molecular formula is C23H24OS. The number of carbonyl (C=O) groups is 1. The fourth-order valence-electron chi connectivity index (χ4n) is 3.58. The maximum absolute atomic E-state index is 11.4. The van der Waals surface area contributed by atoms with Crippen molar-refractivity contribution in [3.63, 3.8) is 0 Å². The molecule has 0 unspecified atom stereocenters. The number of aryl methyl sites for hydroxylation is 4. The minimum absolute atomic E-state index is 0.842. The normalized spacial score (nSPS) is 10.9. The van der Waals surface area contributed by atoms with Crippen LogP contribution in [0.4, 0.5) is 0 Å². The first-order valence-electron chi connectivity index (χ1n) is 8.85. The maximum Gasteiger partial charge on any atom is 0.150 e. The first-order valence-corrected chi connectivity index (χ1v) is 9.73. The van der Waals surface area contributed by atoms with Crippen LogP contribution >= 0.6 is 11.3 Å².